The van der Waals surface area contributed by atoms with Crippen molar-refractivity contribution in [2.24, 2.45) is 5.92 Å². The smallest absolute Gasteiger partial charge is 0.222 e. The summed E-state index contributed by atoms with van der Waals surface area (Å²) in [7, 11) is 1.90. The summed E-state index contributed by atoms with van der Waals surface area (Å²) in [5.74, 6) is 1.84. The molecule has 0 spiro atoms. The van der Waals surface area contributed by atoms with Gasteiger partial charge in [-0.25, -0.2) is 0 Å². The van der Waals surface area contributed by atoms with Crippen LogP contribution in [0.25, 0.3) is 11.3 Å². The number of hydrogen-bond acceptors (Lipinski definition) is 4. The van der Waals surface area contributed by atoms with E-state index in [4.69, 9.17) is 4.52 Å². The lowest BCUT2D eigenvalue weighted by Crippen LogP contribution is -2.31. The Balaban J connectivity index is 1.37. The van der Waals surface area contributed by atoms with Gasteiger partial charge in [0.15, 0.2) is 0 Å². The molecule has 26 heavy (non-hydrogen) atoms. The summed E-state index contributed by atoms with van der Waals surface area (Å²) in [6.45, 7) is 2.94. The molecule has 140 valence electrons. The first-order valence-corrected chi connectivity index (χ1v) is 9.68. The van der Waals surface area contributed by atoms with Gasteiger partial charge in [0.25, 0.3) is 0 Å². The van der Waals surface area contributed by atoms with Crippen molar-refractivity contribution < 1.29 is 9.32 Å². The summed E-state index contributed by atoms with van der Waals surface area (Å²) in [6.07, 6.45) is 5.78. The molecule has 2 aromatic rings. The summed E-state index contributed by atoms with van der Waals surface area (Å²) < 4.78 is 5.43. The average molecular weight is 355 g/mol. The fourth-order valence-corrected chi connectivity index (χ4v) is 3.48. The zero-order chi connectivity index (χ0) is 18.2. The molecule has 1 N–H and O–H groups in total. The lowest BCUT2D eigenvalue weighted by atomic mass is 9.93. The molecule has 2 heterocycles. The highest BCUT2D eigenvalue weighted by atomic mass is 16.5. The standard InChI is InChI=1S/C21H29N3O2/c1-24(21(25)10-9-17-11-13-22-14-12-17)15-5-8-19-16-20(23-26-19)18-6-3-2-4-7-18/h2-4,6-7,16-17,22H,5,8-15H2,1H3. The third kappa shape index (κ3) is 5.43. The zero-order valence-electron chi connectivity index (χ0n) is 15.6. The quantitative estimate of drug-likeness (QED) is 0.787. The van der Waals surface area contributed by atoms with E-state index < -0.39 is 0 Å². The number of carbonyl (C=O) groups is 1. The second-order valence-corrected chi connectivity index (χ2v) is 7.20. The Morgan fingerprint density at radius 1 is 1.27 bits per heavy atom. The maximum Gasteiger partial charge on any atom is 0.222 e. The first-order chi connectivity index (χ1) is 12.7. The molecule has 0 unspecified atom stereocenters. The van der Waals surface area contributed by atoms with Crippen LogP contribution >= 0.6 is 0 Å². The second-order valence-electron chi connectivity index (χ2n) is 7.20. The molecule has 0 saturated carbocycles. The minimum Gasteiger partial charge on any atom is -0.361 e. The van der Waals surface area contributed by atoms with Crippen LogP contribution in [0.2, 0.25) is 0 Å². The Hall–Kier alpha value is -2.14. The Kier molecular flexibility index (Phi) is 6.83. The molecule has 3 rings (SSSR count). The highest BCUT2D eigenvalue weighted by molar-refractivity contribution is 5.75. The molecular formula is C21H29N3O2. The van der Waals surface area contributed by atoms with Crippen LogP contribution in [0.15, 0.2) is 40.9 Å². The largest absolute Gasteiger partial charge is 0.361 e. The van der Waals surface area contributed by atoms with Crippen LogP contribution in [0.1, 0.15) is 37.9 Å². The number of piperidine rings is 1. The van der Waals surface area contributed by atoms with Gasteiger partial charge in [0.2, 0.25) is 5.91 Å². The first kappa shape index (κ1) is 18.6. The van der Waals surface area contributed by atoms with E-state index in [0.717, 1.165) is 55.9 Å². The van der Waals surface area contributed by atoms with Crippen molar-refractivity contribution in [1.29, 1.82) is 0 Å². The summed E-state index contributed by atoms with van der Waals surface area (Å²) in [4.78, 5) is 14.1. The van der Waals surface area contributed by atoms with Crippen LogP contribution in [-0.4, -0.2) is 42.6 Å². The van der Waals surface area contributed by atoms with Crippen molar-refractivity contribution in [3.8, 4) is 11.3 Å². The summed E-state index contributed by atoms with van der Waals surface area (Å²) >= 11 is 0. The number of hydrogen-bond donors (Lipinski definition) is 1. The maximum absolute atomic E-state index is 12.3. The van der Waals surface area contributed by atoms with Crippen molar-refractivity contribution >= 4 is 5.91 Å². The third-order valence-corrected chi connectivity index (χ3v) is 5.20. The Bertz CT molecular complexity index is 678. The van der Waals surface area contributed by atoms with Crippen LogP contribution in [0.3, 0.4) is 0 Å². The van der Waals surface area contributed by atoms with Crippen LogP contribution in [0.5, 0.6) is 0 Å². The van der Waals surface area contributed by atoms with E-state index in [1.165, 1.54) is 12.8 Å². The van der Waals surface area contributed by atoms with Gasteiger partial charge in [-0.15, -0.1) is 0 Å². The molecule has 1 aliphatic heterocycles. The van der Waals surface area contributed by atoms with E-state index >= 15 is 0 Å². The number of aryl methyl sites for hydroxylation is 1. The number of nitrogens with zero attached hydrogens (tertiary/aromatic N) is 2. The van der Waals surface area contributed by atoms with E-state index in [1.807, 2.05) is 48.3 Å². The topological polar surface area (TPSA) is 58.4 Å². The summed E-state index contributed by atoms with van der Waals surface area (Å²) in [5.41, 5.74) is 1.93. The minimum atomic E-state index is 0.256. The van der Waals surface area contributed by atoms with Crippen LogP contribution in [0.4, 0.5) is 0 Å². The average Bonchev–Trinajstić information content (AvgIpc) is 3.16. The number of carbonyl (C=O) groups excluding carboxylic acids is 1. The number of aromatic nitrogens is 1. The number of rotatable bonds is 8. The van der Waals surface area contributed by atoms with Gasteiger partial charge in [-0.1, -0.05) is 35.5 Å². The molecular weight excluding hydrogens is 326 g/mol. The zero-order valence-corrected chi connectivity index (χ0v) is 15.6. The van der Waals surface area contributed by atoms with Gasteiger partial charge in [0, 0.05) is 38.1 Å². The SMILES string of the molecule is CN(CCCc1cc(-c2ccccc2)no1)C(=O)CCC1CCNCC1. The number of nitrogens with one attached hydrogen (secondary N) is 1. The molecule has 0 bridgehead atoms. The second kappa shape index (κ2) is 9.53. The fraction of sp³-hybridized carbons (Fsp3) is 0.524. The summed E-state index contributed by atoms with van der Waals surface area (Å²) in [5, 5.41) is 7.51. The third-order valence-electron chi connectivity index (χ3n) is 5.20. The van der Waals surface area contributed by atoms with Crippen LogP contribution in [-0.2, 0) is 11.2 Å². The predicted octanol–water partition coefficient (Wildman–Crippen LogP) is 3.51. The highest BCUT2D eigenvalue weighted by Crippen LogP contribution is 2.20. The van der Waals surface area contributed by atoms with Gasteiger partial charge in [-0.3, -0.25) is 4.79 Å². The van der Waals surface area contributed by atoms with E-state index in [9.17, 15) is 4.79 Å². The molecule has 1 aromatic carbocycles. The minimum absolute atomic E-state index is 0.256. The van der Waals surface area contributed by atoms with Crippen molar-refractivity contribution in [3.05, 3.63) is 42.2 Å². The molecule has 1 fully saturated rings. The van der Waals surface area contributed by atoms with Gasteiger partial charge >= 0.3 is 0 Å². The van der Waals surface area contributed by atoms with Crippen LogP contribution < -0.4 is 5.32 Å². The van der Waals surface area contributed by atoms with Gasteiger partial charge in [-0.2, -0.15) is 0 Å². The van der Waals surface area contributed by atoms with Gasteiger partial charge < -0.3 is 14.7 Å². The predicted molar refractivity (Wildman–Crippen MR) is 103 cm³/mol. The summed E-state index contributed by atoms with van der Waals surface area (Å²) in [6, 6.07) is 12.0. The molecule has 0 radical (unpaired) electrons. The van der Waals surface area contributed by atoms with Gasteiger partial charge in [0.05, 0.1) is 0 Å². The van der Waals surface area contributed by atoms with Crippen molar-refractivity contribution in [2.75, 3.05) is 26.7 Å². The van der Waals surface area contributed by atoms with Crippen molar-refractivity contribution in [3.63, 3.8) is 0 Å². The monoisotopic (exact) mass is 355 g/mol. The molecule has 5 nitrogen and oxygen atoms in total. The molecule has 0 aliphatic carbocycles. The van der Waals surface area contributed by atoms with Gasteiger partial charge in [-0.05, 0) is 44.7 Å². The maximum atomic E-state index is 12.3. The number of amides is 1. The Labute approximate surface area is 155 Å². The van der Waals surface area contributed by atoms with E-state index in [-0.39, 0.29) is 5.91 Å². The first-order valence-electron chi connectivity index (χ1n) is 9.68. The van der Waals surface area contributed by atoms with Crippen molar-refractivity contribution in [1.82, 2.24) is 15.4 Å². The molecule has 1 saturated heterocycles. The van der Waals surface area contributed by atoms with E-state index in [1.54, 1.807) is 0 Å². The lowest BCUT2D eigenvalue weighted by molar-refractivity contribution is -0.130. The van der Waals surface area contributed by atoms with Crippen molar-refractivity contribution in [2.45, 2.75) is 38.5 Å². The normalized spacial score (nSPS) is 15.1. The van der Waals surface area contributed by atoms with Crippen LogP contribution in [0, 0.1) is 5.92 Å². The number of benzene rings is 1. The Morgan fingerprint density at radius 3 is 2.81 bits per heavy atom. The molecule has 1 aliphatic rings. The molecule has 0 atom stereocenters. The van der Waals surface area contributed by atoms with E-state index in [0.29, 0.717) is 12.3 Å². The van der Waals surface area contributed by atoms with E-state index in [2.05, 4.69) is 10.5 Å². The fourth-order valence-electron chi connectivity index (χ4n) is 3.48. The Morgan fingerprint density at radius 2 is 2.04 bits per heavy atom. The highest BCUT2D eigenvalue weighted by Gasteiger charge is 2.16. The van der Waals surface area contributed by atoms with Gasteiger partial charge in [0.1, 0.15) is 11.5 Å². The lowest BCUT2D eigenvalue weighted by Gasteiger charge is -2.23. The molecule has 5 heteroatoms. The molecule has 1 aromatic heterocycles. The molecule has 1 amide bonds.